The third-order valence-electron chi connectivity index (χ3n) is 6.35. The molecule has 3 heterocycles. The highest BCUT2D eigenvalue weighted by Crippen LogP contribution is 2.29. The molecule has 35 heavy (non-hydrogen) atoms. The van der Waals surface area contributed by atoms with Gasteiger partial charge >= 0.3 is 0 Å². The summed E-state index contributed by atoms with van der Waals surface area (Å²) in [6, 6.07) is 10.1. The topological polar surface area (TPSA) is 79.8 Å². The summed E-state index contributed by atoms with van der Waals surface area (Å²) in [4.78, 5) is 25.3. The number of aromatic nitrogens is 2. The van der Waals surface area contributed by atoms with Crippen molar-refractivity contribution < 1.29 is 18.7 Å². The Balaban J connectivity index is 1.21. The van der Waals surface area contributed by atoms with Gasteiger partial charge in [0.1, 0.15) is 29.8 Å². The lowest BCUT2D eigenvalue weighted by Crippen LogP contribution is -2.48. The molecule has 2 saturated heterocycles. The Bertz CT molecular complexity index is 1200. The minimum atomic E-state index is -0.475. The van der Waals surface area contributed by atoms with Crippen molar-refractivity contribution in [3.05, 3.63) is 53.6 Å². The number of rotatable bonds is 6. The molecule has 0 radical (unpaired) electrons. The van der Waals surface area contributed by atoms with E-state index >= 15 is 0 Å². The highest BCUT2D eigenvalue weighted by molar-refractivity contribution is 6.31. The molecule has 0 spiro atoms. The number of halogens is 2. The summed E-state index contributed by atoms with van der Waals surface area (Å²) >= 11 is 5.91. The summed E-state index contributed by atoms with van der Waals surface area (Å²) in [5.74, 6) is 1.01. The summed E-state index contributed by atoms with van der Waals surface area (Å²) in [5.41, 5.74) is 1.39. The van der Waals surface area contributed by atoms with Crippen LogP contribution < -0.4 is 10.1 Å². The molecular formula is C25H27ClFN5O3. The minimum Gasteiger partial charge on any atom is -0.490 e. The molecule has 1 N–H and O–H groups in total. The molecule has 0 aliphatic carbocycles. The predicted molar refractivity (Wildman–Crippen MR) is 132 cm³/mol. The van der Waals surface area contributed by atoms with Crippen LogP contribution in [0.4, 0.5) is 15.9 Å². The highest BCUT2D eigenvalue weighted by Gasteiger charge is 2.25. The number of ether oxygens (including phenoxy) is 2. The number of amides is 1. The molecule has 0 saturated carbocycles. The van der Waals surface area contributed by atoms with Gasteiger partial charge in [-0.05, 0) is 49.2 Å². The van der Waals surface area contributed by atoms with Gasteiger partial charge in [0.05, 0.1) is 30.3 Å². The Labute approximate surface area is 208 Å². The van der Waals surface area contributed by atoms with Crippen molar-refractivity contribution in [1.29, 1.82) is 0 Å². The van der Waals surface area contributed by atoms with Gasteiger partial charge in [0.15, 0.2) is 0 Å². The fourth-order valence-electron chi connectivity index (χ4n) is 4.40. The van der Waals surface area contributed by atoms with Gasteiger partial charge in [-0.3, -0.25) is 9.69 Å². The average molecular weight is 500 g/mol. The zero-order chi connectivity index (χ0) is 24.2. The lowest BCUT2D eigenvalue weighted by molar-refractivity contribution is -0.136. The van der Waals surface area contributed by atoms with Crippen molar-refractivity contribution >= 4 is 39.9 Å². The average Bonchev–Trinajstić information content (AvgIpc) is 2.88. The molecule has 2 aromatic carbocycles. The van der Waals surface area contributed by atoms with Gasteiger partial charge in [-0.25, -0.2) is 14.4 Å². The van der Waals surface area contributed by atoms with Crippen molar-refractivity contribution in [2.75, 3.05) is 51.3 Å². The summed E-state index contributed by atoms with van der Waals surface area (Å²) in [6.07, 6.45) is 3.24. The molecule has 2 aliphatic heterocycles. The Hall–Kier alpha value is -3.01. The van der Waals surface area contributed by atoms with E-state index < -0.39 is 5.82 Å². The van der Waals surface area contributed by atoms with Gasteiger partial charge in [-0.15, -0.1) is 0 Å². The number of fused-ring (bicyclic) bond motifs is 1. The standard InChI is InChI=1S/C25H27ClFN5O3/c26-21-13-17(1-3-22(21)27)30-25-20-14-19(2-4-23(20)28-16-29-25)35-18-5-7-31(8-6-18)15-24(33)32-9-11-34-12-10-32/h1-4,13-14,16,18H,5-12,15H2,(H,28,29,30). The molecule has 10 heteroatoms. The molecule has 2 fully saturated rings. The van der Waals surface area contributed by atoms with Crippen LogP contribution in [0.1, 0.15) is 12.8 Å². The van der Waals surface area contributed by atoms with Gasteiger partial charge in [0.2, 0.25) is 5.91 Å². The molecule has 3 aromatic rings. The molecule has 0 atom stereocenters. The minimum absolute atomic E-state index is 0.0374. The summed E-state index contributed by atoms with van der Waals surface area (Å²) in [5, 5.41) is 4.02. The first-order chi connectivity index (χ1) is 17.0. The first kappa shape index (κ1) is 23.7. The Kier molecular flexibility index (Phi) is 7.26. The van der Waals surface area contributed by atoms with Crippen molar-refractivity contribution in [2.24, 2.45) is 0 Å². The number of likely N-dealkylation sites (tertiary alicyclic amines) is 1. The van der Waals surface area contributed by atoms with E-state index in [2.05, 4.69) is 20.2 Å². The summed E-state index contributed by atoms with van der Waals surface area (Å²) in [6.45, 7) is 4.67. The number of hydrogen-bond acceptors (Lipinski definition) is 7. The number of morpholine rings is 1. The molecule has 2 aliphatic rings. The lowest BCUT2D eigenvalue weighted by Gasteiger charge is -2.34. The van der Waals surface area contributed by atoms with E-state index in [0.29, 0.717) is 44.4 Å². The molecule has 8 nitrogen and oxygen atoms in total. The Morgan fingerprint density at radius 1 is 1.11 bits per heavy atom. The van der Waals surface area contributed by atoms with Crippen LogP contribution in [0.3, 0.4) is 0 Å². The van der Waals surface area contributed by atoms with E-state index in [1.165, 1.54) is 18.5 Å². The van der Waals surface area contributed by atoms with Crippen molar-refractivity contribution in [3.8, 4) is 5.75 Å². The first-order valence-electron chi connectivity index (χ1n) is 11.8. The fraction of sp³-hybridized carbons (Fsp3) is 0.400. The SMILES string of the molecule is O=C(CN1CCC(Oc2ccc3ncnc(Nc4ccc(F)c(Cl)c4)c3c2)CC1)N1CCOCC1. The maximum absolute atomic E-state index is 13.5. The molecule has 184 valence electrons. The van der Waals surface area contributed by atoms with E-state index in [1.54, 1.807) is 6.07 Å². The molecule has 0 bridgehead atoms. The molecule has 1 amide bonds. The molecule has 5 rings (SSSR count). The third kappa shape index (κ3) is 5.80. The monoisotopic (exact) mass is 499 g/mol. The lowest BCUT2D eigenvalue weighted by atomic mass is 10.1. The quantitative estimate of drug-likeness (QED) is 0.551. The van der Waals surface area contributed by atoms with Crippen LogP contribution in [-0.4, -0.2) is 77.7 Å². The Morgan fingerprint density at radius 2 is 1.91 bits per heavy atom. The number of carbonyl (C=O) groups is 1. The number of benzene rings is 2. The van der Waals surface area contributed by atoms with Crippen LogP contribution >= 0.6 is 11.6 Å². The molecule has 1 aromatic heterocycles. The van der Waals surface area contributed by atoms with Crippen molar-refractivity contribution in [3.63, 3.8) is 0 Å². The van der Waals surface area contributed by atoms with Gasteiger partial charge in [0, 0.05) is 37.3 Å². The Morgan fingerprint density at radius 3 is 2.69 bits per heavy atom. The maximum atomic E-state index is 13.5. The number of anilines is 2. The second-order valence-corrected chi connectivity index (χ2v) is 9.15. The van der Waals surface area contributed by atoms with Crippen LogP contribution in [0.2, 0.25) is 5.02 Å². The number of carbonyl (C=O) groups excluding carboxylic acids is 1. The van der Waals surface area contributed by atoms with Crippen LogP contribution in [-0.2, 0) is 9.53 Å². The van der Waals surface area contributed by atoms with Crippen molar-refractivity contribution in [1.82, 2.24) is 19.8 Å². The maximum Gasteiger partial charge on any atom is 0.236 e. The van der Waals surface area contributed by atoms with Gasteiger partial charge in [-0.1, -0.05) is 11.6 Å². The normalized spacial score (nSPS) is 17.5. The van der Waals surface area contributed by atoms with Crippen LogP contribution in [0, 0.1) is 5.82 Å². The zero-order valence-electron chi connectivity index (χ0n) is 19.3. The summed E-state index contributed by atoms with van der Waals surface area (Å²) < 4.78 is 25.1. The highest BCUT2D eigenvalue weighted by atomic mass is 35.5. The number of hydrogen-bond donors (Lipinski definition) is 1. The second-order valence-electron chi connectivity index (χ2n) is 8.74. The zero-order valence-corrected chi connectivity index (χ0v) is 20.0. The predicted octanol–water partition coefficient (Wildman–Crippen LogP) is 3.87. The van der Waals surface area contributed by atoms with E-state index in [1.807, 2.05) is 23.1 Å². The van der Waals surface area contributed by atoms with Gasteiger partial charge in [0.25, 0.3) is 0 Å². The number of nitrogens with one attached hydrogen (secondary N) is 1. The first-order valence-corrected chi connectivity index (χ1v) is 12.1. The largest absolute Gasteiger partial charge is 0.490 e. The summed E-state index contributed by atoms with van der Waals surface area (Å²) in [7, 11) is 0. The van der Waals surface area contributed by atoms with Crippen molar-refractivity contribution in [2.45, 2.75) is 18.9 Å². The third-order valence-corrected chi connectivity index (χ3v) is 6.64. The number of nitrogens with zero attached hydrogens (tertiary/aromatic N) is 4. The fourth-order valence-corrected chi connectivity index (χ4v) is 4.58. The van der Waals surface area contributed by atoms with Crippen LogP contribution in [0.15, 0.2) is 42.7 Å². The van der Waals surface area contributed by atoms with E-state index in [-0.39, 0.29) is 17.0 Å². The second kappa shape index (κ2) is 10.7. The van der Waals surface area contributed by atoms with E-state index in [9.17, 15) is 9.18 Å². The van der Waals surface area contributed by atoms with Gasteiger partial charge < -0.3 is 19.7 Å². The van der Waals surface area contributed by atoms with E-state index in [0.717, 1.165) is 42.6 Å². The van der Waals surface area contributed by atoms with E-state index in [4.69, 9.17) is 21.1 Å². The smallest absolute Gasteiger partial charge is 0.236 e. The van der Waals surface area contributed by atoms with Gasteiger partial charge in [-0.2, -0.15) is 0 Å². The van der Waals surface area contributed by atoms with Crippen LogP contribution in [0.25, 0.3) is 10.9 Å². The molecule has 0 unspecified atom stereocenters. The molecular weight excluding hydrogens is 473 g/mol. The van der Waals surface area contributed by atoms with Crippen LogP contribution in [0.5, 0.6) is 5.75 Å². The number of piperidine rings is 1.